The Labute approximate surface area is 150 Å². The Kier molecular flexibility index (Phi) is 6.95. The summed E-state index contributed by atoms with van der Waals surface area (Å²) in [4.78, 5) is 2.09. The van der Waals surface area contributed by atoms with Crippen LogP contribution in [-0.4, -0.2) is 34.9 Å². The summed E-state index contributed by atoms with van der Waals surface area (Å²) in [5.74, 6) is 2.03. The first kappa shape index (κ1) is 18.9. The molecule has 0 bridgehead atoms. The number of nitrogens with zero attached hydrogens (tertiary/aromatic N) is 1. The summed E-state index contributed by atoms with van der Waals surface area (Å²) in [7, 11) is 7.36. The Balaban J connectivity index is 2.02. The van der Waals surface area contributed by atoms with Crippen molar-refractivity contribution in [2.24, 2.45) is 0 Å². The van der Waals surface area contributed by atoms with Gasteiger partial charge in [-0.3, -0.25) is 0 Å². The molecule has 5 heteroatoms. The van der Waals surface area contributed by atoms with E-state index < -0.39 is 0 Å². The maximum Gasteiger partial charge on any atom is 0.203 e. The third-order valence-corrected chi connectivity index (χ3v) is 3.92. The summed E-state index contributed by atoms with van der Waals surface area (Å²) in [5.41, 5.74) is 3.53. The number of rotatable bonds is 9. The first-order chi connectivity index (χ1) is 12.1. The highest BCUT2D eigenvalue weighted by Gasteiger charge is 2.13. The van der Waals surface area contributed by atoms with Crippen molar-refractivity contribution in [3.05, 3.63) is 47.5 Å². The van der Waals surface area contributed by atoms with Crippen LogP contribution in [0, 0.1) is 0 Å². The van der Waals surface area contributed by atoms with Gasteiger partial charge in [0.2, 0.25) is 5.75 Å². The number of nitrogens with one attached hydrogen (secondary N) is 1. The molecule has 0 spiro atoms. The lowest BCUT2D eigenvalue weighted by atomic mass is 10.1. The van der Waals surface area contributed by atoms with E-state index in [9.17, 15) is 0 Å². The van der Waals surface area contributed by atoms with Crippen molar-refractivity contribution in [1.29, 1.82) is 0 Å². The van der Waals surface area contributed by atoms with Gasteiger partial charge in [0, 0.05) is 32.9 Å². The molecule has 136 valence electrons. The van der Waals surface area contributed by atoms with E-state index in [2.05, 4.69) is 34.5 Å². The fraction of sp³-hybridized carbons (Fsp3) is 0.400. The van der Waals surface area contributed by atoms with E-state index in [0.29, 0.717) is 30.4 Å². The molecule has 0 aliphatic rings. The molecular formula is C20H28N2O3. The van der Waals surface area contributed by atoms with E-state index in [1.54, 1.807) is 14.2 Å². The third-order valence-electron chi connectivity index (χ3n) is 3.92. The largest absolute Gasteiger partial charge is 0.493 e. The monoisotopic (exact) mass is 344 g/mol. The number of anilines is 1. The second-order valence-electron chi connectivity index (χ2n) is 5.93. The molecule has 0 saturated heterocycles. The van der Waals surface area contributed by atoms with Gasteiger partial charge in [0.25, 0.3) is 0 Å². The van der Waals surface area contributed by atoms with Gasteiger partial charge in [-0.2, -0.15) is 0 Å². The molecule has 0 radical (unpaired) electrons. The highest BCUT2D eigenvalue weighted by Crippen LogP contribution is 2.38. The van der Waals surface area contributed by atoms with Crippen LogP contribution in [-0.2, 0) is 13.1 Å². The molecule has 1 N–H and O–H groups in total. The van der Waals surface area contributed by atoms with Gasteiger partial charge >= 0.3 is 0 Å². The average Bonchev–Trinajstić information content (AvgIpc) is 2.63. The van der Waals surface area contributed by atoms with Crippen molar-refractivity contribution in [2.75, 3.05) is 39.8 Å². The Hall–Kier alpha value is -2.40. The Morgan fingerprint density at radius 2 is 1.44 bits per heavy atom. The van der Waals surface area contributed by atoms with Crippen LogP contribution in [0.25, 0.3) is 0 Å². The maximum atomic E-state index is 5.63. The molecule has 0 aliphatic heterocycles. The summed E-state index contributed by atoms with van der Waals surface area (Å²) in [5, 5.41) is 3.46. The number of methoxy groups -OCH3 is 2. The van der Waals surface area contributed by atoms with Gasteiger partial charge in [0.1, 0.15) is 0 Å². The van der Waals surface area contributed by atoms with Gasteiger partial charge in [0.15, 0.2) is 11.5 Å². The van der Waals surface area contributed by atoms with Gasteiger partial charge in [-0.05, 0) is 42.3 Å². The topological polar surface area (TPSA) is 43.0 Å². The SMILES string of the molecule is CCOc1c(OC)cc(CNCc2ccc(N(C)C)cc2)cc1OC. The number of hydrogen-bond acceptors (Lipinski definition) is 5. The van der Waals surface area contributed by atoms with Crippen molar-refractivity contribution in [3.63, 3.8) is 0 Å². The Bertz CT molecular complexity index is 644. The van der Waals surface area contributed by atoms with E-state index in [1.165, 1.54) is 11.3 Å². The van der Waals surface area contributed by atoms with E-state index >= 15 is 0 Å². The molecule has 5 nitrogen and oxygen atoms in total. The van der Waals surface area contributed by atoms with Crippen molar-refractivity contribution in [3.8, 4) is 17.2 Å². The van der Waals surface area contributed by atoms with Gasteiger partial charge in [-0.1, -0.05) is 12.1 Å². The summed E-state index contributed by atoms with van der Waals surface area (Å²) < 4.78 is 16.5. The molecule has 0 fully saturated rings. The summed E-state index contributed by atoms with van der Waals surface area (Å²) >= 11 is 0. The summed E-state index contributed by atoms with van der Waals surface area (Å²) in [6.07, 6.45) is 0. The molecule has 0 aliphatic carbocycles. The Morgan fingerprint density at radius 1 is 0.880 bits per heavy atom. The predicted molar refractivity (Wildman–Crippen MR) is 102 cm³/mol. The van der Waals surface area contributed by atoms with Crippen LogP contribution in [0.3, 0.4) is 0 Å². The Morgan fingerprint density at radius 3 is 1.92 bits per heavy atom. The van der Waals surface area contributed by atoms with Gasteiger partial charge < -0.3 is 24.4 Å². The number of benzene rings is 2. The van der Waals surface area contributed by atoms with Crippen LogP contribution in [0.1, 0.15) is 18.1 Å². The quantitative estimate of drug-likeness (QED) is 0.755. The van der Waals surface area contributed by atoms with Crippen LogP contribution in [0.2, 0.25) is 0 Å². The molecule has 0 heterocycles. The fourth-order valence-corrected chi connectivity index (χ4v) is 2.59. The van der Waals surface area contributed by atoms with Crippen molar-refractivity contribution in [1.82, 2.24) is 5.32 Å². The van der Waals surface area contributed by atoms with Gasteiger partial charge in [-0.15, -0.1) is 0 Å². The van der Waals surface area contributed by atoms with E-state index in [4.69, 9.17) is 14.2 Å². The van der Waals surface area contributed by atoms with E-state index in [0.717, 1.165) is 12.1 Å². The second-order valence-corrected chi connectivity index (χ2v) is 5.93. The highest BCUT2D eigenvalue weighted by atomic mass is 16.5. The molecule has 0 atom stereocenters. The maximum absolute atomic E-state index is 5.63. The predicted octanol–water partition coefficient (Wildman–Crippen LogP) is 3.46. The minimum atomic E-state index is 0.563. The number of ether oxygens (including phenoxy) is 3. The molecule has 0 unspecified atom stereocenters. The molecular weight excluding hydrogens is 316 g/mol. The van der Waals surface area contributed by atoms with Crippen molar-refractivity contribution >= 4 is 5.69 Å². The van der Waals surface area contributed by atoms with Crippen LogP contribution in [0.5, 0.6) is 17.2 Å². The normalized spacial score (nSPS) is 10.4. The van der Waals surface area contributed by atoms with E-state index in [1.807, 2.05) is 33.2 Å². The lowest BCUT2D eigenvalue weighted by molar-refractivity contribution is 0.288. The standard InChI is InChI=1S/C20H28N2O3/c1-6-25-20-18(23-4)11-16(12-19(20)24-5)14-21-13-15-7-9-17(10-8-15)22(2)3/h7-12,21H,6,13-14H2,1-5H3. The van der Waals surface area contributed by atoms with Crippen LogP contribution in [0.15, 0.2) is 36.4 Å². The third kappa shape index (κ3) is 5.03. The molecule has 0 amide bonds. The van der Waals surface area contributed by atoms with Gasteiger partial charge in [-0.25, -0.2) is 0 Å². The minimum absolute atomic E-state index is 0.563. The van der Waals surface area contributed by atoms with Crippen molar-refractivity contribution < 1.29 is 14.2 Å². The van der Waals surface area contributed by atoms with E-state index in [-0.39, 0.29) is 0 Å². The number of hydrogen-bond donors (Lipinski definition) is 1. The molecule has 2 aromatic rings. The highest BCUT2D eigenvalue weighted by molar-refractivity contribution is 5.54. The van der Waals surface area contributed by atoms with Crippen LogP contribution in [0.4, 0.5) is 5.69 Å². The second kappa shape index (κ2) is 9.18. The minimum Gasteiger partial charge on any atom is -0.493 e. The van der Waals surface area contributed by atoms with Crippen LogP contribution < -0.4 is 24.4 Å². The van der Waals surface area contributed by atoms with Crippen molar-refractivity contribution in [2.45, 2.75) is 20.0 Å². The lowest BCUT2D eigenvalue weighted by Crippen LogP contribution is -2.13. The lowest BCUT2D eigenvalue weighted by Gasteiger charge is -2.16. The first-order valence-corrected chi connectivity index (χ1v) is 8.43. The molecule has 0 aromatic heterocycles. The fourth-order valence-electron chi connectivity index (χ4n) is 2.59. The summed E-state index contributed by atoms with van der Waals surface area (Å²) in [6, 6.07) is 12.5. The van der Waals surface area contributed by atoms with Gasteiger partial charge in [0.05, 0.1) is 20.8 Å². The molecule has 25 heavy (non-hydrogen) atoms. The molecule has 2 rings (SSSR count). The zero-order valence-corrected chi connectivity index (χ0v) is 15.8. The zero-order chi connectivity index (χ0) is 18.2. The molecule has 0 saturated carbocycles. The smallest absolute Gasteiger partial charge is 0.203 e. The average molecular weight is 344 g/mol. The molecule has 2 aromatic carbocycles. The first-order valence-electron chi connectivity index (χ1n) is 8.43. The van der Waals surface area contributed by atoms with Crippen LogP contribution >= 0.6 is 0 Å². The summed E-state index contributed by atoms with van der Waals surface area (Å²) in [6.45, 7) is 4.02. The zero-order valence-electron chi connectivity index (χ0n) is 15.8.